The van der Waals surface area contributed by atoms with E-state index in [2.05, 4.69) is 0 Å². The molecule has 2 aromatic carbocycles. The van der Waals surface area contributed by atoms with Gasteiger partial charge in [0, 0.05) is 0 Å². The van der Waals surface area contributed by atoms with Gasteiger partial charge in [-0.15, -0.1) is 0 Å². The third-order valence-corrected chi connectivity index (χ3v) is 4.39. The summed E-state index contributed by atoms with van der Waals surface area (Å²) in [6.45, 7) is 4.44. The summed E-state index contributed by atoms with van der Waals surface area (Å²) in [5.74, 6) is 0.852. The van der Waals surface area contributed by atoms with Crippen LogP contribution in [0.15, 0.2) is 60.2 Å². The Labute approximate surface area is 188 Å². The van der Waals surface area contributed by atoms with E-state index in [1.165, 1.54) is 25.3 Å². The van der Waals surface area contributed by atoms with Crippen LogP contribution >= 0.6 is 0 Å². The molecule has 0 spiro atoms. The highest BCUT2D eigenvalue weighted by Crippen LogP contribution is 2.29. The number of phenols is 1. The second-order valence-electron chi connectivity index (χ2n) is 7.21. The van der Waals surface area contributed by atoms with Gasteiger partial charge in [-0.25, -0.2) is 0 Å². The van der Waals surface area contributed by atoms with Crippen LogP contribution < -0.4 is 14.2 Å². The number of hydrogen-bond donors (Lipinski definition) is 1. The van der Waals surface area contributed by atoms with Crippen molar-refractivity contribution in [2.45, 2.75) is 20.3 Å². The Kier molecular flexibility index (Phi) is 9.29. The summed E-state index contributed by atoms with van der Waals surface area (Å²) in [7, 11) is 3.00. The molecule has 0 aliphatic carbocycles. The smallest absolute Gasteiger partial charge is 0.163 e. The quantitative estimate of drug-likeness (QED) is 0.303. The van der Waals surface area contributed by atoms with Crippen molar-refractivity contribution in [2.75, 3.05) is 20.8 Å². The summed E-state index contributed by atoms with van der Waals surface area (Å²) in [4.78, 5) is 24.2. The molecule has 0 saturated carbocycles. The first-order valence-corrected chi connectivity index (χ1v) is 10.1. The standard InChI is InChI=1S/C26H28O6/c1-18(2)13-14-32-24-12-8-20(16-26(24)31-4)6-10-22(28)17-21(27)9-5-19-7-11-23(29)25(15-19)30-3/h5-13,15-16,29H,14,17H2,1-4H3. The molecule has 0 saturated heterocycles. The average molecular weight is 437 g/mol. The Balaban J connectivity index is 1.96. The lowest BCUT2D eigenvalue weighted by Gasteiger charge is -2.10. The molecule has 0 aliphatic rings. The van der Waals surface area contributed by atoms with E-state index in [4.69, 9.17) is 14.2 Å². The zero-order valence-electron chi connectivity index (χ0n) is 18.8. The van der Waals surface area contributed by atoms with Gasteiger partial charge in [-0.1, -0.05) is 29.9 Å². The number of ketones is 2. The van der Waals surface area contributed by atoms with Crippen molar-refractivity contribution in [3.63, 3.8) is 0 Å². The molecule has 1 N–H and O–H groups in total. The molecule has 32 heavy (non-hydrogen) atoms. The highest BCUT2D eigenvalue weighted by Gasteiger charge is 2.07. The van der Waals surface area contributed by atoms with E-state index >= 15 is 0 Å². The Bertz CT molecular complexity index is 1040. The topological polar surface area (TPSA) is 82.1 Å². The SMILES string of the molecule is COc1cc(C=CC(=O)CC(=O)C=Cc2ccc(OCC=C(C)C)c(OC)c2)ccc1O. The number of rotatable bonds is 11. The van der Waals surface area contributed by atoms with E-state index in [0.29, 0.717) is 29.4 Å². The summed E-state index contributed by atoms with van der Waals surface area (Å²) < 4.78 is 16.1. The Morgan fingerprint density at radius 3 is 1.97 bits per heavy atom. The number of carbonyl (C=O) groups is 2. The van der Waals surface area contributed by atoms with Gasteiger partial charge in [-0.05, 0) is 67.5 Å². The van der Waals surface area contributed by atoms with Crippen LogP contribution in [-0.4, -0.2) is 37.5 Å². The minimum atomic E-state index is -0.327. The summed E-state index contributed by atoms with van der Waals surface area (Å²) >= 11 is 0. The van der Waals surface area contributed by atoms with Crippen molar-refractivity contribution in [3.8, 4) is 23.0 Å². The van der Waals surface area contributed by atoms with Crippen LogP contribution in [0.5, 0.6) is 23.0 Å². The predicted molar refractivity (Wildman–Crippen MR) is 125 cm³/mol. The largest absolute Gasteiger partial charge is 0.504 e. The Hall–Kier alpha value is -3.80. The zero-order valence-corrected chi connectivity index (χ0v) is 18.8. The van der Waals surface area contributed by atoms with Crippen LogP contribution in [0, 0.1) is 0 Å². The Morgan fingerprint density at radius 1 is 0.844 bits per heavy atom. The van der Waals surface area contributed by atoms with Crippen LogP contribution in [0.2, 0.25) is 0 Å². The van der Waals surface area contributed by atoms with E-state index in [1.54, 1.807) is 43.5 Å². The normalized spacial score (nSPS) is 10.9. The molecule has 0 atom stereocenters. The van der Waals surface area contributed by atoms with Gasteiger partial charge in [-0.3, -0.25) is 9.59 Å². The first-order valence-electron chi connectivity index (χ1n) is 10.1. The summed E-state index contributed by atoms with van der Waals surface area (Å²) in [6.07, 6.45) is 7.62. The number of aromatic hydroxyl groups is 1. The number of benzene rings is 2. The molecule has 0 heterocycles. The van der Waals surface area contributed by atoms with Crippen LogP contribution in [-0.2, 0) is 9.59 Å². The molecule has 0 radical (unpaired) electrons. The second kappa shape index (κ2) is 12.2. The second-order valence-corrected chi connectivity index (χ2v) is 7.21. The van der Waals surface area contributed by atoms with Crippen molar-refractivity contribution < 1.29 is 28.9 Å². The van der Waals surface area contributed by atoms with Gasteiger partial charge in [0.15, 0.2) is 34.6 Å². The lowest BCUT2D eigenvalue weighted by molar-refractivity contribution is -0.121. The third-order valence-electron chi connectivity index (χ3n) is 4.39. The van der Waals surface area contributed by atoms with E-state index in [9.17, 15) is 14.7 Å². The summed E-state index contributed by atoms with van der Waals surface area (Å²) in [6, 6.07) is 10.1. The first kappa shape index (κ1) is 24.5. The molecule has 2 rings (SSSR count). The van der Waals surface area contributed by atoms with E-state index < -0.39 is 0 Å². The molecule has 6 nitrogen and oxygen atoms in total. The Morgan fingerprint density at radius 2 is 1.41 bits per heavy atom. The van der Waals surface area contributed by atoms with Crippen LogP contribution in [0.1, 0.15) is 31.4 Å². The van der Waals surface area contributed by atoms with Gasteiger partial charge in [0.05, 0.1) is 20.6 Å². The minimum absolute atomic E-state index is 0.0143. The van der Waals surface area contributed by atoms with Gasteiger partial charge in [0.1, 0.15) is 6.61 Å². The molecule has 168 valence electrons. The molecule has 0 bridgehead atoms. The number of carbonyl (C=O) groups excluding carboxylic acids is 2. The van der Waals surface area contributed by atoms with Crippen molar-refractivity contribution in [3.05, 3.63) is 71.3 Å². The third kappa shape index (κ3) is 7.80. The zero-order chi connectivity index (χ0) is 23.5. The molecule has 0 amide bonds. The fraction of sp³-hybridized carbons (Fsp3) is 0.231. The van der Waals surface area contributed by atoms with E-state index in [1.807, 2.05) is 26.0 Å². The summed E-state index contributed by atoms with van der Waals surface area (Å²) in [5.41, 5.74) is 2.59. The first-order chi connectivity index (χ1) is 15.3. The predicted octanol–water partition coefficient (Wildman–Crippen LogP) is 5.01. The van der Waals surface area contributed by atoms with Gasteiger partial charge in [0.25, 0.3) is 0 Å². The van der Waals surface area contributed by atoms with Crippen molar-refractivity contribution in [2.24, 2.45) is 0 Å². The summed E-state index contributed by atoms with van der Waals surface area (Å²) in [5, 5.41) is 9.61. The van der Waals surface area contributed by atoms with Gasteiger partial charge >= 0.3 is 0 Å². The van der Waals surface area contributed by atoms with Crippen molar-refractivity contribution >= 4 is 23.7 Å². The molecular formula is C26H28O6. The number of phenolic OH excluding ortho intramolecular Hbond substituents is 1. The number of methoxy groups -OCH3 is 2. The molecule has 6 heteroatoms. The van der Waals surface area contributed by atoms with E-state index in [0.717, 1.165) is 11.1 Å². The maximum Gasteiger partial charge on any atom is 0.163 e. The number of allylic oxidation sites excluding steroid dienone is 3. The van der Waals surface area contributed by atoms with Crippen LogP contribution in [0.4, 0.5) is 0 Å². The highest BCUT2D eigenvalue weighted by atomic mass is 16.5. The fourth-order valence-corrected chi connectivity index (χ4v) is 2.67. The van der Waals surface area contributed by atoms with E-state index in [-0.39, 0.29) is 23.7 Å². The minimum Gasteiger partial charge on any atom is -0.504 e. The molecule has 0 aliphatic heterocycles. The van der Waals surface area contributed by atoms with Gasteiger partial charge in [0.2, 0.25) is 0 Å². The lowest BCUT2D eigenvalue weighted by atomic mass is 10.1. The molecule has 0 aromatic heterocycles. The van der Waals surface area contributed by atoms with Crippen molar-refractivity contribution in [1.82, 2.24) is 0 Å². The highest BCUT2D eigenvalue weighted by molar-refractivity contribution is 6.10. The van der Waals surface area contributed by atoms with Gasteiger partial charge in [-0.2, -0.15) is 0 Å². The maximum absolute atomic E-state index is 12.2. The molecular weight excluding hydrogens is 408 g/mol. The molecule has 0 fully saturated rings. The average Bonchev–Trinajstić information content (AvgIpc) is 2.77. The van der Waals surface area contributed by atoms with Gasteiger partial charge < -0.3 is 19.3 Å². The number of hydrogen-bond acceptors (Lipinski definition) is 6. The molecule has 2 aromatic rings. The van der Waals surface area contributed by atoms with Crippen LogP contribution in [0.3, 0.4) is 0 Å². The molecule has 0 unspecified atom stereocenters. The van der Waals surface area contributed by atoms with Crippen LogP contribution in [0.25, 0.3) is 12.2 Å². The fourth-order valence-electron chi connectivity index (χ4n) is 2.67. The maximum atomic E-state index is 12.2. The number of ether oxygens (including phenoxy) is 3. The monoisotopic (exact) mass is 436 g/mol. The van der Waals surface area contributed by atoms with Crippen molar-refractivity contribution in [1.29, 1.82) is 0 Å². The lowest BCUT2D eigenvalue weighted by Crippen LogP contribution is -2.02.